The Hall–Kier alpha value is -0.120. The second-order valence-electron chi connectivity index (χ2n) is 6.00. The second kappa shape index (κ2) is 5.03. The summed E-state index contributed by atoms with van der Waals surface area (Å²) in [7, 11) is 4.43. The van der Waals surface area contributed by atoms with Gasteiger partial charge in [-0.25, -0.2) is 0 Å². The van der Waals surface area contributed by atoms with Gasteiger partial charge in [0.2, 0.25) is 0 Å². The molecule has 0 spiro atoms. The van der Waals surface area contributed by atoms with Crippen molar-refractivity contribution >= 4 is 0 Å². The van der Waals surface area contributed by atoms with Crippen LogP contribution in [0.2, 0.25) is 0 Å². The maximum Gasteiger partial charge on any atom is 0.0254 e. The Labute approximate surface area is 100 Å². The summed E-state index contributed by atoms with van der Waals surface area (Å²) in [6, 6.07) is 1.51. The van der Waals surface area contributed by atoms with Crippen LogP contribution < -0.4 is 5.32 Å². The first-order valence-corrected chi connectivity index (χ1v) is 6.70. The van der Waals surface area contributed by atoms with Gasteiger partial charge in [-0.15, -0.1) is 0 Å². The van der Waals surface area contributed by atoms with E-state index in [2.05, 4.69) is 43.1 Å². The van der Waals surface area contributed by atoms with Crippen molar-refractivity contribution in [2.24, 2.45) is 11.8 Å². The van der Waals surface area contributed by atoms with Gasteiger partial charge in [-0.3, -0.25) is 4.90 Å². The summed E-state index contributed by atoms with van der Waals surface area (Å²) in [5.74, 6) is 1.67. The van der Waals surface area contributed by atoms with Crippen molar-refractivity contribution in [1.29, 1.82) is 0 Å². The summed E-state index contributed by atoms with van der Waals surface area (Å²) < 4.78 is 0. The molecule has 2 fully saturated rings. The number of likely N-dealkylation sites (N-methyl/N-ethyl adjacent to an activating group) is 1. The van der Waals surface area contributed by atoms with Gasteiger partial charge in [0, 0.05) is 31.7 Å². The standard InChI is InChI=1S/C13H27N3/c1-10-5-6-14-7-12(10)16-8-11(2)13(9-16)15(3)4/h10-14H,5-9H2,1-4H3. The van der Waals surface area contributed by atoms with Gasteiger partial charge in [-0.2, -0.15) is 0 Å². The first-order valence-electron chi connectivity index (χ1n) is 6.70. The van der Waals surface area contributed by atoms with E-state index in [1.165, 1.54) is 32.6 Å². The molecular formula is C13H27N3. The van der Waals surface area contributed by atoms with Gasteiger partial charge in [-0.05, 0) is 38.9 Å². The quantitative estimate of drug-likeness (QED) is 0.752. The number of rotatable bonds is 2. The minimum absolute atomic E-state index is 0.745. The molecule has 2 rings (SSSR count). The third-order valence-electron chi connectivity index (χ3n) is 4.52. The van der Waals surface area contributed by atoms with Crippen molar-refractivity contribution in [3.63, 3.8) is 0 Å². The summed E-state index contributed by atoms with van der Waals surface area (Å²) in [6.45, 7) is 9.74. The molecule has 0 aliphatic carbocycles. The number of nitrogens with zero attached hydrogens (tertiary/aromatic N) is 2. The first kappa shape index (κ1) is 12.3. The van der Waals surface area contributed by atoms with Crippen LogP contribution in [0.15, 0.2) is 0 Å². The Morgan fingerprint density at radius 3 is 2.44 bits per heavy atom. The fraction of sp³-hybridized carbons (Fsp3) is 1.00. The second-order valence-corrected chi connectivity index (χ2v) is 6.00. The van der Waals surface area contributed by atoms with Crippen LogP contribution in [0, 0.1) is 11.8 Å². The minimum Gasteiger partial charge on any atom is -0.315 e. The van der Waals surface area contributed by atoms with E-state index >= 15 is 0 Å². The Balaban J connectivity index is 1.96. The highest BCUT2D eigenvalue weighted by molar-refractivity contribution is 4.93. The van der Waals surface area contributed by atoms with Gasteiger partial charge < -0.3 is 10.2 Å². The van der Waals surface area contributed by atoms with Crippen molar-refractivity contribution in [2.45, 2.75) is 32.4 Å². The molecule has 3 heteroatoms. The van der Waals surface area contributed by atoms with Crippen LogP contribution in [0.3, 0.4) is 0 Å². The predicted molar refractivity (Wildman–Crippen MR) is 68.7 cm³/mol. The third kappa shape index (κ3) is 2.41. The molecule has 0 aromatic carbocycles. The van der Waals surface area contributed by atoms with Crippen LogP contribution in [-0.2, 0) is 0 Å². The summed E-state index contributed by atoms with van der Waals surface area (Å²) in [6.07, 6.45) is 1.34. The number of likely N-dealkylation sites (tertiary alicyclic amines) is 1. The van der Waals surface area contributed by atoms with E-state index in [1.807, 2.05) is 0 Å². The monoisotopic (exact) mass is 225 g/mol. The highest BCUT2D eigenvalue weighted by Crippen LogP contribution is 2.26. The molecule has 4 unspecified atom stereocenters. The zero-order valence-corrected chi connectivity index (χ0v) is 11.2. The molecule has 0 aromatic heterocycles. The van der Waals surface area contributed by atoms with E-state index in [4.69, 9.17) is 0 Å². The van der Waals surface area contributed by atoms with Crippen LogP contribution >= 0.6 is 0 Å². The van der Waals surface area contributed by atoms with Gasteiger partial charge in [-0.1, -0.05) is 13.8 Å². The average Bonchev–Trinajstić information content (AvgIpc) is 2.61. The molecule has 0 aromatic rings. The van der Waals surface area contributed by atoms with Crippen LogP contribution in [-0.4, -0.2) is 62.2 Å². The highest BCUT2D eigenvalue weighted by atomic mass is 15.3. The zero-order valence-electron chi connectivity index (χ0n) is 11.2. The summed E-state index contributed by atoms with van der Waals surface area (Å²) in [5.41, 5.74) is 0. The topological polar surface area (TPSA) is 18.5 Å². The fourth-order valence-corrected chi connectivity index (χ4v) is 3.39. The Bertz CT molecular complexity index is 229. The minimum atomic E-state index is 0.745. The SMILES string of the molecule is CC1CN(C2CNCCC2C)CC1N(C)C. The molecule has 2 heterocycles. The van der Waals surface area contributed by atoms with E-state index in [0.29, 0.717) is 0 Å². The number of piperidine rings is 1. The smallest absolute Gasteiger partial charge is 0.0254 e. The molecule has 0 bridgehead atoms. The Morgan fingerprint density at radius 1 is 1.12 bits per heavy atom. The molecule has 3 nitrogen and oxygen atoms in total. The molecule has 0 saturated carbocycles. The van der Waals surface area contributed by atoms with Crippen molar-refractivity contribution < 1.29 is 0 Å². The summed E-state index contributed by atoms with van der Waals surface area (Å²) >= 11 is 0. The van der Waals surface area contributed by atoms with Crippen LogP contribution in [0.1, 0.15) is 20.3 Å². The number of hydrogen-bond acceptors (Lipinski definition) is 3. The van der Waals surface area contributed by atoms with Crippen molar-refractivity contribution in [1.82, 2.24) is 15.1 Å². The largest absolute Gasteiger partial charge is 0.315 e. The van der Waals surface area contributed by atoms with Gasteiger partial charge in [0.05, 0.1) is 0 Å². The van der Waals surface area contributed by atoms with Gasteiger partial charge in [0.15, 0.2) is 0 Å². The van der Waals surface area contributed by atoms with Gasteiger partial charge in [0.25, 0.3) is 0 Å². The Kier molecular flexibility index (Phi) is 3.88. The maximum absolute atomic E-state index is 3.55. The maximum atomic E-state index is 3.55. The normalized spacial score (nSPS) is 41.8. The lowest BCUT2D eigenvalue weighted by atomic mass is 9.93. The molecule has 94 valence electrons. The highest BCUT2D eigenvalue weighted by Gasteiger charge is 2.37. The van der Waals surface area contributed by atoms with Crippen molar-refractivity contribution in [3.8, 4) is 0 Å². The van der Waals surface area contributed by atoms with Gasteiger partial charge >= 0.3 is 0 Å². The van der Waals surface area contributed by atoms with E-state index < -0.39 is 0 Å². The molecule has 0 radical (unpaired) electrons. The lowest BCUT2D eigenvalue weighted by Gasteiger charge is -2.37. The summed E-state index contributed by atoms with van der Waals surface area (Å²) in [4.78, 5) is 5.11. The van der Waals surface area contributed by atoms with Crippen LogP contribution in [0.4, 0.5) is 0 Å². The van der Waals surface area contributed by atoms with Crippen LogP contribution in [0.5, 0.6) is 0 Å². The fourth-order valence-electron chi connectivity index (χ4n) is 3.39. The molecule has 2 saturated heterocycles. The number of hydrogen-bond donors (Lipinski definition) is 1. The average molecular weight is 225 g/mol. The van der Waals surface area contributed by atoms with Crippen LogP contribution in [0.25, 0.3) is 0 Å². The van der Waals surface area contributed by atoms with E-state index in [0.717, 1.165) is 23.9 Å². The zero-order chi connectivity index (χ0) is 11.7. The van der Waals surface area contributed by atoms with E-state index in [-0.39, 0.29) is 0 Å². The Morgan fingerprint density at radius 2 is 1.88 bits per heavy atom. The molecule has 16 heavy (non-hydrogen) atoms. The number of nitrogens with one attached hydrogen (secondary N) is 1. The molecule has 1 N–H and O–H groups in total. The predicted octanol–water partition coefficient (Wildman–Crippen LogP) is 0.866. The van der Waals surface area contributed by atoms with Crippen molar-refractivity contribution in [3.05, 3.63) is 0 Å². The van der Waals surface area contributed by atoms with E-state index in [1.54, 1.807) is 0 Å². The molecule has 2 aliphatic rings. The first-order chi connectivity index (χ1) is 7.59. The molecule has 4 atom stereocenters. The molecule has 2 aliphatic heterocycles. The van der Waals surface area contributed by atoms with E-state index in [9.17, 15) is 0 Å². The third-order valence-corrected chi connectivity index (χ3v) is 4.52. The van der Waals surface area contributed by atoms with Gasteiger partial charge in [0.1, 0.15) is 0 Å². The lowest BCUT2D eigenvalue weighted by Crippen LogP contribution is -2.50. The molecule has 0 amide bonds. The van der Waals surface area contributed by atoms with Crippen molar-refractivity contribution in [2.75, 3.05) is 40.3 Å². The molecular weight excluding hydrogens is 198 g/mol. The summed E-state index contributed by atoms with van der Waals surface area (Å²) in [5, 5.41) is 3.55. The lowest BCUT2D eigenvalue weighted by molar-refractivity contribution is 0.140.